The maximum Gasteiger partial charge on any atom is 0.309 e. The summed E-state index contributed by atoms with van der Waals surface area (Å²) >= 11 is 0. The van der Waals surface area contributed by atoms with Gasteiger partial charge in [0, 0.05) is 5.39 Å². The van der Waals surface area contributed by atoms with Gasteiger partial charge in [-0.1, -0.05) is 12.1 Å². The minimum atomic E-state index is -1.01. The Labute approximate surface area is 90.4 Å². The minimum absolute atomic E-state index is 0.0433. The second kappa shape index (κ2) is 3.65. The van der Waals surface area contributed by atoms with Crippen LogP contribution >= 0.6 is 0 Å². The Hall–Kier alpha value is -2.37. The molecule has 6 heteroatoms. The first-order valence-electron chi connectivity index (χ1n) is 4.54. The Kier molecular flexibility index (Phi) is 2.32. The Morgan fingerprint density at radius 2 is 2.12 bits per heavy atom. The van der Waals surface area contributed by atoms with E-state index < -0.39 is 5.97 Å². The van der Waals surface area contributed by atoms with Crippen molar-refractivity contribution in [3.63, 3.8) is 0 Å². The Morgan fingerprint density at radius 1 is 1.38 bits per heavy atom. The zero-order valence-corrected chi connectivity index (χ0v) is 8.21. The van der Waals surface area contributed by atoms with Crippen molar-refractivity contribution < 1.29 is 15.0 Å². The molecule has 0 radical (unpaired) electrons. The maximum atomic E-state index is 10.6. The van der Waals surface area contributed by atoms with Crippen LogP contribution in [0.5, 0.6) is 5.75 Å². The van der Waals surface area contributed by atoms with Crippen molar-refractivity contribution in [3.8, 4) is 5.75 Å². The smallest absolute Gasteiger partial charge is 0.309 e. The first kappa shape index (κ1) is 10.2. The number of rotatable bonds is 2. The van der Waals surface area contributed by atoms with Crippen LogP contribution in [0.2, 0.25) is 0 Å². The van der Waals surface area contributed by atoms with Gasteiger partial charge >= 0.3 is 5.97 Å². The first-order chi connectivity index (χ1) is 7.58. The molecule has 0 unspecified atom stereocenters. The molecule has 2 aromatic rings. The van der Waals surface area contributed by atoms with E-state index in [-0.39, 0.29) is 23.6 Å². The third kappa shape index (κ3) is 1.72. The first-order valence-corrected chi connectivity index (χ1v) is 4.54. The molecule has 1 aromatic heterocycles. The van der Waals surface area contributed by atoms with E-state index in [0.717, 1.165) is 0 Å². The van der Waals surface area contributed by atoms with E-state index in [2.05, 4.69) is 9.97 Å². The predicted octanol–water partition coefficient (Wildman–Crippen LogP) is 0.545. The minimum Gasteiger partial charge on any atom is -0.506 e. The number of hydrogen-bond acceptors (Lipinski definition) is 5. The number of aliphatic carboxylic acids is 1. The molecule has 0 saturated carbocycles. The molecule has 0 aliphatic heterocycles. The van der Waals surface area contributed by atoms with Gasteiger partial charge in [0.05, 0.1) is 12.1 Å². The van der Waals surface area contributed by atoms with Crippen molar-refractivity contribution in [2.75, 3.05) is 5.73 Å². The van der Waals surface area contributed by atoms with Gasteiger partial charge in [-0.15, -0.1) is 0 Å². The number of nitrogens with zero attached hydrogens (tertiary/aromatic N) is 2. The van der Waals surface area contributed by atoms with Crippen LogP contribution in [0, 0.1) is 0 Å². The van der Waals surface area contributed by atoms with Crippen molar-refractivity contribution in [2.24, 2.45) is 0 Å². The molecule has 0 amide bonds. The lowest BCUT2D eigenvalue weighted by molar-refractivity contribution is -0.136. The molecule has 0 spiro atoms. The molecule has 16 heavy (non-hydrogen) atoms. The second-order valence-electron chi connectivity index (χ2n) is 3.27. The highest BCUT2D eigenvalue weighted by Crippen LogP contribution is 2.25. The zero-order valence-electron chi connectivity index (χ0n) is 8.21. The summed E-state index contributed by atoms with van der Waals surface area (Å²) in [7, 11) is 0. The van der Waals surface area contributed by atoms with Crippen LogP contribution in [-0.2, 0) is 11.2 Å². The molecule has 0 saturated heterocycles. The third-order valence-electron chi connectivity index (χ3n) is 2.12. The van der Waals surface area contributed by atoms with Crippen LogP contribution in [0.25, 0.3) is 10.9 Å². The van der Waals surface area contributed by atoms with Gasteiger partial charge < -0.3 is 15.9 Å². The van der Waals surface area contributed by atoms with Gasteiger partial charge in [0.2, 0.25) is 5.95 Å². The van der Waals surface area contributed by atoms with E-state index in [1.54, 1.807) is 12.1 Å². The number of nitrogens with two attached hydrogens (primary N) is 1. The summed E-state index contributed by atoms with van der Waals surface area (Å²) in [6.45, 7) is 0. The molecule has 0 fully saturated rings. The Morgan fingerprint density at radius 3 is 2.81 bits per heavy atom. The number of nitrogen functional groups attached to an aromatic ring is 1. The summed E-state index contributed by atoms with van der Waals surface area (Å²) in [5.74, 6) is -1.11. The fourth-order valence-corrected chi connectivity index (χ4v) is 1.50. The van der Waals surface area contributed by atoms with Gasteiger partial charge in [0.25, 0.3) is 0 Å². The number of benzene rings is 1. The van der Waals surface area contributed by atoms with E-state index in [4.69, 9.17) is 10.8 Å². The molecule has 0 atom stereocenters. The number of fused-ring (bicyclic) bond motifs is 1. The molecule has 6 nitrogen and oxygen atoms in total. The largest absolute Gasteiger partial charge is 0.506 e. The molecule has 0 aliphatic rings. The lowest BCUT2D eigenvalue weighted by Gasteiger charge is -2.05. The van der Waals surface area contributed by atoms with Gasteiger partial charge in [-0.05, 0) is 6.07 Å². The highest BCUT2D eigenvalue weighted by atomic mass is 16.4. The third-order valence-corrected chi connectivity index (χ3v) is 2.12. The zero-order chi connectivity index (χ0) is 11.7. The molecule has 0 bridgehead atoms. The molecular weight excluding hydrogens is 210 g/mol. The van der Waals surface area contributed by atoms with Crippen LogP contribution in [-0.4, -0.2) is 26.2 Å². The summed E-state index contributed by atoms with van der Waals surface area (Å²) < 4.78 is 0. The summed E-state index contributed by atoms with van der Waals surface area (Å²) in [5, 5.41) is 18.8. The predicted molar refractivity (Wildman–Crippen MR) is 57.0 cm³/mol. The number of phenolic OH excluding ortho intramolecular Hbond substituents is 1. The summed E-state index contributed by atoms with van der Waals surface area (Å²) in [4.78, 5) is 18.4. The molecule has 0 aliphatic carbocycles. The number of aromatic hydroxyl groups is 1. The van der Waals surface area contributed by atoms with Gasteiger partial charge in [0.15, 0.2) is 0 Å². The summed E-state index contributed by atoms with van der Waals surface area (Å²) in [6.07, 6.45) is -0.257. The van der Waals surface area contributed by atoms with E-state index in [0.29, 0.717) is 11.1 Å². The van der Waals surface area contributed by atoms with Gasteiger partial charge in [-0.25, -0.2) is 9.97 Å². The fourth-order valence-electron chi connectivity index (χ4n) is 1.50. The Balaban J connectivity index is 2.72. The van der Waals surface area contributed by atoms with Crippen LogP contribution in [0.1, 0.15) is 5.69 Å². The lowest BCUT2D eigenvalue weighted by atomic mass is 10.1. The average molecular weight is 219 g/mol. The quantitative estimate of drug-likeness (QED) is 0.680. The standard InChI is InChI=1S/C10H9N3O3/c11-10-12-6(4-8(15)16)5-2-1-3-7(14)9(5)13-10/h1-3,14H,4H2,(H,15,16)(H2,11,12,13). The number of carbonyl (C=O) groups is 1. The second-order valence-corrected chi connectivity index (χ2v) is 3.27. The number of phenols is 1. The molecule has 2 rings (SSSR count). The normalized spacial score (nSPS) is 10.5. The Bertz CT molecular complexity index is 568. The van der Waals surface area contributed by atoms with Gasteiger partial charge in [0.1, 0.15) is 11.3 Å². The van der Waals surface area contributed by atoms with Crippen molar-refractivity contribution in [3.05, 3.63) is 23.9 Å². The van der Waals surface area contributed by atoms with Crippen LogP contribution in [0.4, 0.5) is 5.95 Å². The number of carboxylic acids is 1. The van der Waals surface area contributed by atoms with Crippen molar-refractivity contribution >= 4 is 22.8 Å². The SMILES string of the molecule is Nc1nc(CC(=O)O)c2cccc(O)c2n1. The monoisotopic (exact) mass is 219 g/mol. The number of para-hydroxylation sites is 1. The summed E-state index contributed by atoms with van der Waals surface area (Å²) in [5.41, 5.74) is 6.01. The van der Waals surface area contributed by atoms with Crippen molar-refractivity contribution in [1.29, 1.82) is 0 Å². The lowest BCUT2D eigenvalue weighted by Crippen LogP contribution is -2.06. The fraction of sp³-hybridized carbons (Fsp3) is 0.100. The number of carboxylic acid groups (broad SMARTS) is 1. The molecule has 4 N–H and O–H groups in total. The van der Waals surface area contributed by atoms with Crippen LogP contribution in [0.15, 0.2) is 18.2 Å². The van der Waals surface area contributed by atoms with E-state index in [1.165, 1.54) is 6.07 Å². The van der Waals surface area contributed by atoms with E-state index in [1.807, 2.05) is 0 Å². The molecule has 82 valence electrons. The van der Waals surface area contributed by atoms with Crippen molar-refractivity contribution in [1.82, 2.24) is 9.97 Å². The van der Waals surface area contributed by atoms with Gasteiger partial charge in [-0.2, -0.15) is 0 Å². The maximum absolute atomic E-state index is 10.6. The van der Waals surface area contributed by atoms with E-state index in [9.17, 15) is 9.90 Å². The number of anilines is 1. The van der Waals surface area contributed by atoms with Gasteiger partial charge in [-0.3, -0.25) is 4.79 Å². The molecule has 1 aromatic carbocycles. The topological polar surface area (TPSA) is 109 Å². The van der Waals surface area contributed by atoms with Crippen LogP contribution in [0.3, 0.4) is 0 Å². The summed E-state index contributed by atoms with van der Waals surface area (Å²) in [6, 6.07) is 4.70. The average Bonchev–Trinajstić information content (AvgIpc) is 2.18. The number of hydrogen-bond donors (Lipinski definition) is 3. The number of aromatic nitrogens is 2. The molecule has 1 heterocycles. The van der Waals surface area contributed by atoms with E-state index >= 15 is 0 Å². The van der Waals surface area contributed by atoms with Crippen LogP contribution < -0.4 is 5.73 Å². The highest BCUT2D eigenvalue weighted by molar-refractivity contribution is 5.89. The van der Waals surface area contributed by atoms with Crippen molar-refractivity contribution in [2.45, 2.75) is 6.42 Å². The molecular formula is C10H9N3O3. The highest BCUT2D eigenvalue weighted by Gasteiger charge is 2.11.